The predicted octanol–water partition coefficient (Wildman–Crippen LogP) is 2.35. The second kappa shape index (κ2) is 7.57. The molecule has 94 valence electrons. The third-order valence-electron chi connectivity index (χ3n) is 3.69. The molecule has 2 saturated heterocycles. The molecule has 0 aromatic rings. The van der Waals surface area contributed by atoms with Crippen molar-refractivity contribution in [3.05, 3.63) is 0 Å². The van der Waals surface area contributed by atoms with Crippen molar-refractivity contribution in [1.82, 2.24) is 10.2 Å². The van der Waals surface area contributed by atoms with Crippen LogP contribution in [0.15, 0.2) is 0 Å². The highest BCUT2D eigenvalue weighted by Gasteiger charge is 2.13. The van der Waals surface area contributed by atoms with E-state index in [1.54, 1.807) is 0 Å². The number of unbranched alkanes of at least 4 members (excludes halogenated alkanes) is 1. The van der Waals surface area contributed by atoms with E-state index in [1.165, 1.54) is 76.2 Å². The molecule has 0 spiro atoms. The summed E-state index contributed by atoms with van der Waals surface area (Å²) in [6.07, 6.45) is 8.41. The van der Waals surface area contributed by atoms with Gasteiger partial charge in [-0.1, -0.05) is 0 Å². The smallest absolute Gasteiger partial charge is 0.0158 e. The van der Waals surface area contributed by atoms with Crippen LogP contribution >= 0.6 is 11.8 Å². The average molecular weight is 242 g/mol. The summed E-state index contributed by atoms with van der Waals surface area (Å²) in [5.41, 5.74) is 0. The van der Waals surface area contributed by atoms with Crippen LogP contribution in [0.1, 0.15) is 38.5 Å². The van der Waals surface area contributed by atoms with Crippen molar-refractivity contribution in [3.63, 3.8) is 0 Å². The average Bonchev–Trinajstić information content (AvgIpc) is 2.83. The van der Waals surface area contributed by atoms with Gasteiger partial charge in [0, 0.05) is 11.8 Å². The molecule has 1 unspecified atom stereocenters. The number of likely N-dealkylation sites (tertiary alicyclic amines) is 1. The minimum absolute atomic E-state index is 0.811. The van der Waals surface area contributed by atoms with Gasteiger partial charge in [0.25, 0.3) is 0 Å². The number of hydrogen-bond acceptors (Lipinski definition) is 3. The molecule has 2 rings (SSSR count). The van der Waals surface area contributed by atoms with Gasteiger partial charge in [0.05, 0.1) is 0 Å². The molecule has 2 fully saturated rings. The standard InChI is InChI=1S/C13H26N2S/c1(2-8-15-9-3-4-10-15)7-14-13-6-5-11-16-12-13/h13-14H,1-12H2. The fourth-order valence-electron chi connectivity index (χ4n) is 2.67. The summed E-state index contributed by atoms with van der Waals surface area (Å²) in [6.45, 7) is 5.28. The number of nitrogens with one attached hydrogen (secondary N) is 1. The van der Waals surface area contributed by atoms with Gasteiger partial charge in [0.2, 0.25) is 0 Å². The molecule has 0 saturated carbocycles. The Kier molecular flexibility index (Phi) is 6.02. The molecule has 2 aliphatic heterocycles. The van der Waals surface area contributed by atoms with Crippen molar-refractivity contribution in [3.8, 4) is 0 Å². The van der Waals surface area contributed by atoms with E-state index in [4.69, 9.17) is 0 Å². The van der Waals surface area contributed by atoms with Gasteiger partial charge < -0.3 is 10.2 Å². The first-order chi connectivity index (χ1) is 7.95. The van der Waals surface area contributed by atoms with Gasteiger partial charge in [-0.15, -0.1) is 0 Å². The zero-order chi connectivity index (χ0) is 11.1. The summed E-state index contributed by atoms with van der Waals surface area (Å²) in [4.78, 5) is 2.62. The van der Waals surface area contributed by atoms with Crippen LogP contribution < -0.4 is 5.32 Å². The lowest BCUT2D eigenvalue weighted by atomic mass is 10.2. The van der Waals surface area contributed by atoms with Crippen molar-refractivity contribution in [2.45, 2.75) is 44.6 Å². The van der Waals surface area contributed by atoms with Gasteiger partial charge in [-0.05, 0) is 70.5 Å². The van der Waals surface area contributed by atoms with E-state index in [0.717, 1.165) is 6.04 Å². The third-order valence-corrected chi connectivity index (χ3v) is 4.91. The van der Waals surface area contributed by atoms with E-state index < -0.39 is 0 Å². The van der Waals surface area contributed by atoms with E-state index in [0.29, 0.717) is 0 Å². The topological polar surface area (TPSA) is 15.3 Å². The van der Waals surface area contributed by atoms with Gasteiger partial charge in [0.1, 0.15) is 0 Å². The van der Waals surface area contributed by atoms with E-state index in [1.807, 2.05) is 0 Å². The molecule has 0 amide bonds. The largest absolute Gasteiger partial charge is 0.313 e. The zero-order valence-electron chi connectivity index (χ0n) is 10.4. The van der Waals surface area contributed by atoms with Crippen LogP contribution in [0.25, 0.3) is 0 Å². The molecule has 0 aromatic heterocycles. The van der Waals surface area contributed by atoms with Crippen molar-refractivity contribution in [2.24, 2.45) is 0 Å². The van der Waals surface area contributed by atoms with Gasteiger partial charge in [-0.3, -0.25) is 0 Å². The minimum atomic E-state index is 0.811. The molecule has 3 heteroatoms. The van der Waals surface area contributed by atoms with Crippen molar-refractivity contribution in [2.75, 3.05) is 37.7 Å². The number of nitrogens with zero attached hydrogens (tertiary/aromatic N) is 1. The molecule has 16 heavy (non-hydrogen) atoms. The molecule has 0 aromatic carbocycles. The fraction of sp³-hybridized carbons (Fsp3) is 1.00. The highest BCUT2D eigenvalue weighted by molar-refractivity contribution is 7.99. The molecule has 0 aliphatic carbocycles. The summed E-state index contributed by atoms with van der Waals surface area (Å²) in [5, 5.41) is 3.71. The van der Waals surface area contributed by atoms with Crippen molar-refractivity contribution < 1.29 is 0 Å². The Morgan fingerprint density at radius 1 is 1.12 bits per heavy atom. The Balaban J connectivity index is 1.42. The van der Waals surface area contributed by atoms with Crippen LogP contribution in [0.5, 0.6) is 0 Å². The van der Waals surface area contributed by atoms with Crippen LogP contribution in [0.3, 0.4) is 0 Å². The quantitative estimate of drug-likeness (QED) is 0.720. The maximum absolute atomic E-state index is 3.71. The second-order valence-electron chi connectivity index (χ2n) is 5.12. The van der Waals surface area contributed by atoms with Crippen LogP contribution in [0.4, 0.5) is 0 Å². The molecule has 2 heterocycles. The number of hydrogen-bond donors (Lipinski definition) is 1. The van der Waals surface area contributed by atoms with E-state index in [-0.39, 0.29) is 0 Å². The SMILES string of the molecule is C(CCN1CCCC1)CNC1CCCSC1. The molecular formula is C13H26N2S. The fourth-order valence-corrected chi connectivity index (χ4v) is 3.78. The Morgan fingerprint density at radius 3 is 2.75 bits per heavy atom. The molecule has 0 radical (unpaired) electrons. The summed E-state index contributed by atoms with van der Waals surface area (Å²) in [6, 6.07) is 0.811. The minimum Gasteiger partial charge on any atom is -0.313 e. The Labute approximate surface area is 105 Å². The van der Waals surface area contributed by atoms with Gasteiger partial charge in [-0.25, -0.2) is 0 Å². The molecule has 1 atom stereocenters. The molecule has 0 bridgehead atoms. The lowest BCUT2D eigenvalue weighted by Gasteiger charge is -2.22. The molecule has 2 nitrogen and oxygen atoms in total. The van der Waals surface area contributed by atoms with Crippen LogP contribution in [0, 0.1) is 0 Å². The molecule has 1 N–H and O–H groups in total. The molecular weight excluding hydrogens is 216 g/mol. The van der Waals surface area contributed by atoms with Crippen molar-refractivity contribution >= 4 is 11.8 Å². The maximum atomic E-state index is 3.71. The number of thioether (sulfide) groups is 1. The molecule has 2 aliphatic rings. The van der Waals surface area contributed by atoms with E-state index >= 15 is 0 Å². The highest BCUT2D eigenvalue weighted by Crippen LogP contribution is 2.16. The monoisotopic (exact) mass is 242 g/mol. The summed E-state index contributed by atoms with van der Waals surface area (Å²) >= 11 is 2.12. The zero-order valence-corrected chi connectivity index (χ0v) is 11.2. The Bertz CT molecular complexity index is 175. The van der Waals surface area contributed by atoms with Gasteiger partial charge in [0.15, 0.2) is 0 Å². The van der Waals surface area contributed by atoms with E-state index in [2.05, 4.69) is 22.0 Å². The second-order valence-corrected chi connectivity index (χ2v) is 6.27. The van der Waals surface area contributed by atoms with Crippen molar-refractivity contribution in [1.29, 1.82) is 0 Å². The van der Waals surface area contributed by atoms with Crippen LogP contribution in [-0.2, 0) is 0 Å². The van der Waals surface area contributed by atoms with Crippen LogP contribution in [-0.4, -0.2) is 48.6 Å². The number of rotatable bonds is 6. The van der Waals surface area contributed by atoms with Crippen LogP contribution in [0.2, 0.25) is 0 Å². The first kappa shape index (κ1) is 12.7. The normalized spacial score (nSPS) is 27.4. The highest BCUT2D eigenvalue weighted by atomic mass is 32.2. The predicted molar refractivity (Wildman–Crippen MR) is 73.3 cm³/mol. The Hall–Kier alpha value is 0.270. The first-order valence-corrected chi connectivity index (χ1v) is 8.14. The Morgan fingerprint density at radius 2 is 2.00 bits per heavy atom. The summed E-state index contributed by atoms with van der Waals surface area (Å²) in [5.74, 6) is 2.72. The lowest BCUT2D eigenvalue weighted by molar-refractivity contribution is 0.327. The van der Waals surface area contributed by atoms with Gasteiger partial charge >= 0.3 is 0 Å². The summed E-state index contributed by atoms with van der Waals surface area (Å²) in [7, 11) is 0. The maximum Gasteiger partial charge on any atom is 0.0158 e. The third kappa shape index (κ3) is 4.64. The van der Waals surface area contributed by atoms with Gasteiger partial charge in [-0.2, -0.15) is 11.8 Å². The van der Waals surface area contributed by atoms with E-state index in [9.17, 15) is 0 Å². The lowest BCUT2D eigenvalue weighted by Crippen LogP contribution is -2.34. The summed E-state index contributed by atoms with van der Waals surface area (Å²) < 4.78 is 0. The first-order valence-electron chi connectivity index (χ1n) is 6.98.